The van der Waals surface area contributed by atoms with Crippen LogP contribution in [0.25, 0.3) is 0 Å². The molecule has 0 N–H and O–H groups in total. The number of benzene rings is 2. The molecule has 100 valence electrons. The van der Waals surface area contributed by atoms with Crippen molar-refractivity contribution in [2.45, 2.75) is 0 Å². The van der Waals surface area contributed by atoms with E-state index < -0.39 is 7.29 Å². The second kappa shape index (κ2) is 5.70. The summed E-state index contributed by atoms with van der Waals surface area (Å²) in [4.78, 5) is 0. The monoisotopic (exact) mass is 274 g/mol. The molecular weight excluding hydrogens is 255 g/mol. The average molecular weight is 274 g/mol. The zero-order valence-corrected chi connectivity index (χ0v) is 12.4. The minimum Gasteiger partial charge on any atom is -0.295 e. The molecule has 0 aliphatic heterocycles. The van der Waals surface area contributed by atoms with Crippen molar-refractivity contribution in [2.24, 2.45) is 0 Å². The summed E-state index contributed by atoms with van der Waals surface area (Å²) in [6, 6.07) is 19.3. The third-order valence-corrected chi connectivity index (χ3v) is 6.37. The van der Waals surface area contributed by atoms with Crippen LogP contribution in [0.3, 0.4) is 0 Å². The summed E-state index contributed by atoms with van der Waals surface area (Å²) in [5.41, 5.74) is 0. The van der Waals surface area contributed by atoms with Gasteiger partial charge < -0.3 is 0 Å². The van der Waals surface area contributed by atoms with Crippen molar-refractivity contribution < 1.29 is 4.57 Å². The molecule has 0 heterocycles. The fourth-order valence-electron chi connectivity index (χ4n) is 2.00. The van der Waals surface area contributed by atoms with Gasteiger partial charge in [-0.15, -0.1) is 0 Å². The summed E-state index contributed by atoms with van der Waals surface area (Å²) in [5.74, 6) is 0. The van der Waals surface area contributed by atoms with Gasteiger partial charge in [0, 0.05) is 31.8 Å². The highest BCUT2D eigenvalue weighted by Gasteiger charge is 2.33. The van der Waals surface area contributed by atoms with E-state index in [1.165, 1.54) is 0 Å². The van der Waals surface area contributed by atoms with Crippen LogP contribution in [-0.4, -0.2) is 30.9 Å². The van der Waals surface area contributed by atoms with Crippen molar-refractivity contribution in [1.82, 2.24) is 9.79 Å². The minimum absolute atomic E-state index is 0.845. The third kappa shape index (κ3) is 2.64. The Hall–Kier alpha value is -1.41. The standard InChI is InChI=1S/C15H19N2OP/c1-16(2)17(3)19(18,14-10-6-4-7-11-14)15-12-8-5-9-13-15/h4-13H,1-3H3. The minimum atomic E-state index is -2.81. The molecule has 19 heavy (non-hydrogen) atoms. The van der Waals surface area contributed by atoms with Gasteiger partial charge in [-0.05, 0) is 24.3 Å². The van der Waals surface area contributed by atoms with E-state index in [4.69, 9.17) is 0 Å². The number of hydrazine groups is 1. The lowest BCUT2D eigenvalue weighted by Gasteiger charge is -2.33. The molecule has 0 radical (unpaired) electrons. The van der Waals surface area contributed by atoms with Crippen LogP contribution in [0.4, 0.5) is 0 Å². The van der Waals surface area contributed by atoms with Gasteiger partial charge in [-0.3, -0.25) is 4.57 Å². The Morgan fingerprint density at radius 3 is 1.42 bits per heavy atom. The zero-order valence-electron chi connectivity index (χ0n) is 11.5. The van der Waals surface area contributed by atoms with Crippen LogP contribution in [0.15, 0.2) is 60.7 Å². The van der Waals surface area contributed by atoms with E-state index in [9.17, 15) is 4.57 Å². The van der Waals surface area contributed by atoms with Gasteiger partial charge in [-0.2, -0.15) is 4.78 Å². The van der Waals surface area contributed by atoms with E-state index in [-0.39, 0.29) is 0 Å². The Morgan fingerprint density at radius 1 is 0.737 bits per heavy atom. The number of rotatable bonds is 4. The molecule has 3 nitrogen and oxygen atoms in total. The van der Waals surface area contributed by atoms with E-state index in [0.29, 0.717) is 0 Å². The fraction of sp³-hybridized carbons (Fsp3) is 0.200. The van der Waals surface area contributed by atoms with Crippen LogP contribution in [0.5, 0.6) is 0 Å². The summed E-state index contributed by atoms with van der Waals surface area (Å²) in [7, 11) is 2.85. The molecule has 0 aromatic heterocycles. The third-order valence-electron chi connectivity index (χ3n) is 3.20. The first-order chi connectivity index (χ1) is 9.06. The molecule has 0 saturated heterocycles. The van der Waals surface area contributed by atoms with Gasteiger partial charge in [-0.25, -0.2) is 5.01 Å². The van der Waals surface area contributed by atoms with Crippen molar-refractivity contribution in [3.05, 3.63) is 60.7 Å². The van der Waals surface area contributed by atoms with Gasteiger partial charge in [0.1, 0.15) is 0 Å². The number of nitrogens with zero attached hydrogens (tertiary/aromatic N) is 2. The first-order valence-corrected chi connectivity index (χ1v) is 7.85. The van der Waals surface area contributed by atoms with E-state index in [1.807, 2.05) is 91.6 Å². The van der Waals surface area contributed by atoms with Crippen LogP contribution >= 0.6 is 7.29 Å². The SMILES string of the molecule is CN(C)N(C)P(=O)(c1ccccc1)c1ccccc1. The lowest BCUT2D eigenvalue weighted by atomic mass is 10.4. The lowest BCUT2D eigenvalue weighted by molar-refractivity contribution is 0.161. The first kappa shape index (κ1) is 14.0. The molecule has 0 aliphatic carbocycles. The van der Waals surface area contributed by atoms with E-state index in [2.05, 4.69) is 0 Å². The van der Waals surface area contributed by atoms with Crippen molar-refractivity contribution in [2.75, 3.05) is 21.1 Å². The maximum absolute atomic E-state index is 13.6. The first-order valence-electron chi connectivity index (χ1n) is 6.19. The van der Waals surface area contributed by atoms with E-state index in [0.717, 1.165) is 10.6 Å². The molecule has 4 heteroatoms. The van der Waals surface area contributed by atoms with E-state index >= 15 is 0 Å². The van der Waals surface area contributed by atoms with E-state index in [1.54, 1.807) is 0 Å². The smallest absolute Gasteiger partial charge is 0.219 e. The quantitative estimate of drug-likeness (QED) is 0.631. The molecule has 2 rings (SSSR count). The Labute approximate surface area is 114 Å². The molecule has 0 fully saturated rings. The Morgan fingerprint density at radius 2 is 1.11 bits per heavy atom. The second-order valence-electron chi connectivity index (χ2n) is 4.58. The largest absolute Gasteiger partial charge is 0.295 e. The summed E-state index contributed by atoms with van der Waals surface area (Å²) in [5, 5.41) is 3.55. The van der Waals surface area contributed by atoms with Crippen molar-refractivity contribution in [1.29, 1.82) is 0 Å². The molecule has 2 aromatic carbocycles. The topological polar surface area (TPSA) is 23.6 Å². The number of hydrogen-bond acceptors (Lipinski definition) is 2. The van der Waals surface area contributed by atoms with Crippen LogP contribution in [0.1, 0.15) is 0 Å². The molecule has 0 spiro atoms. The zero-order chi connectivity index (χ0) is 13.9. The van der Waals surface area contributed by atoms with Crippen molar-refractivity contribution in [3.63, 3.8) is 0 Å². The van der Waals surface area contributed by atoms with Gasteiger partial charge in [-0.1, -0.05) is 36.4 Å². The van der Waals surface area contributed by atoms with Gasteiger partial charge in [0.15, 0.2) is 0 Å². The Bertz CT molecular complexity index is 526. The molecule has 2 aromatic rings. The molecular formula is C15H19N2OP. The average Bonchev–Trinajstić information content (AvgIpc) is 2.47. The summed E-state index contributed by atoms with van der Waals surface area (Å²) < 4.78 is 15.5. The highest BCUT2D eigenvalue weighted by molar-refractivity contribution is 7.76. The summed E-state index contributed by atoms with van der Waals surface area (Å²) >= 11 is 0. The van der Waals surface area contributed by atoms with Gasteiger partial charge in [0.05, 0.1) is 0 Å². The van der Waals surface area contributed by atoms with Crippen LogP contribution < -0.4 is 10.6 Å². The molecule has 0 bridgehead atoms. The van der Waals surface area contributed by atoms with Gasteiger partial charge in [0.2, 0.25) is 7.29 Å². The summed E-state index contributed by atoms with van der Waals surface area (Å²) in [6.07, 6.45) is 0. The highest BCUT2D eigenvalue weighted by Crippen LogP contribution is 2.46. The molecule has 0 amide bonds. The fourth-order valence-corrected chi connectivity index (χ4v) is 4.62. The Kier molecular flexibility index (Phi) is 4.20. The maximum Gasteiger partial charge on any atom is 0.219 e. The molecule has 0 unspecified atom stereocenters. The molecule has 0 atom stereocenters. The molecule has 0 aliphatic rings. The van der Waals surface area contributed by atoms with Crippen LogP contribution in [0, 0.1) is 0 Å². The van der Waals surface area contributed by atoms with Gasteiger partial charge >= 0.3 is 0 Å². The van der Waals surface area contributed by atoms with Crippen molar-refractivity contribution in [3.8, 4) is 0 Å². The lowest BCUT2D eigenvalue weighted by Crippen LogP contribution is -2.38. The predicted octanol–water partition coefficient (Wildman–Crippen LogP) is 2.32. The Balaban J connectivity index is 2.61. The maximum atomic E-state index is 13.6. The normalized spacial score (nSPS) is 12.1. The van der Waals surface area contributed by atoms with Crippen molar-refractivity contribution >= 4 is 17.9 Å². The second-order valence-corrected chi connectivity index (χ2v) is 7.35. The van der Waals surface area contributed by atoms with Gasteiger partial charge in [0.25, 0.3) is 0 Å². The predicted molar refractivity (Wildman–Crippen MR) is 81.2 cm³/mol. The highest BCUT2D eigenvalue weighted by atomic mass is 31.2. The summed E-state index contributed by atoms with van der Waals surface area (Å²) in [6.45, 7) is 0. The number of hydrogen-bond donors (Lipinski definition) is 0. The van der Waals surface area contributed by atoms with Crippen LogP contribution in [-0.2, 0) is 4.57 Å². The molecule has 0 saturated carbocycles. The van der Waals surface area contributed by atoms with Crippen LogP contribution in [0.2, 0.25) is 0 Å².